The molecule has 0 spiro atoms. The van der Waals surface area contributed by atoms with Crippen LogP contribution in [0.4, 0.5) is 0 Å². The lowest BCUT2D eigenvalue weighted by molar-refractivity contribution is 0.351. The predicted molar refractivity (Wildman–Crippen MR) is 142 cm³/mol. The van der Waals surface area contributed by atoms with Crippen LogP contribution >= 0.6 is 27.7 Å². The normalized spacial score (nSPS) is 11.4. The van der Waals surface area contributed by atoms with Crippen molar-refractivity contribution in [1.82, 2.24) is 0 Å². The zero-order chi connectivity index (χ0) is 23.2. The van der Waals surface area contributed by atoms with Gasteiger partial charge in [-0.05, 0) is 82.8 Å². The summed E-state index contributed by atoms with van der Waals surface area (Å²) in [5, 5.41) is 11.7. The fourth-order valence-corrected chi connectivity index (χ4v) is 4.74. The van der Waals surface area contributed by atoms with E-state index in [1.807, 2.05) is 37.3 Å². The molecule has 4 rings (SSSR count). The number of hydrogen-bond donors (Lipinski definition) is 0. The van der Waals surface area contributed by atoms with Gasteiger partial charge in [0.15, 0.2) is 5.75 Å². The minimum Gasteiger partial charge on any atom is -0.497 e. The first-order valence-corrected chi connectivity index (χ1v) is 12.4. The zero-order valence-corrected chi connectivity index (χ0v) is 20.9. The van der Waals surface area contributed by atoms with Gasteiger partial charge in [0.05, 0.1) is 7.11 Å². The van der Waals surface area contributed by atoms with Crippen LogP contribution in [0.2, 0.25) is 0 Å². The van der Waals surface area contributed by atoms with Gasteiger partial charge in [-0.3, -0.25) is 5.11 Å². The second kappa shape index (κ2) is 10.8. The van der Waals surface area contributed by atoms with Gasteiger partial charge < -0.3 is 4.74 Å². The van der Waals surface area contributed by atoms with Crippen LogP contribution < -0.4 is 4.74 Å². The minimum absolute atomic E-state index is 0.0848. The van der Waals surface area contributed by atoms with Crippen LogP contribution in [0.25, 0.3) is 16.7 Å². The Balaban J connectivity index is 1.62. The Bertz CT molecular complexity index is 1260. The first-order chi connectivity index (χ1) is 16.0. The van der Waals surface area contributed by atoms with Crippen molar-refractivity contribution in [3.63, 3.8) is 0 Å². The van der Waals surface area contributed by atoms with E-state index in [-0.39, 0.29) is 5.75 Å². The van der Waals surface area contributed by atoms with E-state index in [4.69, 9.17) is 4.74 Å². The average molecular weight is 516 g/mol. The van der Waals surface area contributed by atoms with Gasteiger partial charge in [0.1, 0.15) is 5.75 Å². The number of halogens is 1. The lowest BCUT2D eigenvalue weighted by atomic mass is 9.95. The van der Waals surface area contributed by atoms with Crippen LogP contribution in [0.3, 0.4) is 0 Å². The summed E-state index contributed by atoms with van der Waals surface area (Å²) in [5.41, 5.74) is 6.57. The van der Waals surface area contributed by atoms with Crippen LogP contribution in [0.1, 0.15) is 16.7 Å². The molecule has 0 aromatic heterocycles. The lowest BCUT2D eigenvalue weighted by Gasteiger charge is -2.11. The lowest BCUT2D eigenvalue weighted by Crippen LogP contribution is -1.90. The van der Waals surface area contributed by atoms with Gasteiger partial charge in [-0.15, -0.1) is 11.8 Å². The molecule has 0 saturated heterocycles. The number of rotatable bonds is 7. The number of ether oxygens (including phenoxy) is 1. The van der Waals surface area contributed by atoms with E-state index in [9.17, 15) is 5.11 Å². The summed E-state index contributed by atoms with van der Waals surface area (Å²) in [5.74, 6) is 1.74. The molecule has 0 unspecified atom stereocenters. The Kier molecular flexibility index (Phi) is 7.58. The van der Waals surface area contributed by atoms with Crippen LogP contribution in [-0.4, -0.2) is 12.9 Å². The average Bonchev–Trinajstić information content (AvgIpc) is 2.85. The van der Waals surface area contributed by atoms with E-state index in [2.05, 4.69) is 76.6 Å². The second-order valence-corrected chi connectivity index (χ2v) is 9.68. The minimum atomic E-state index is 0.0848. The monoisotopic (exact) mass is 515 g/mol. The third-order valence-electron chi connectivity index (χ3n) is 5.44. The van der Waals surface area contributed by atoms with Gasteiger partial charge in [-0.25, -0.2) is 0 Å². The summed E-state index contributed by atoms with van der Waals surface area (Å²) >= 11 is 5.26. The summed E-state index contributed by atoms with van der Waals surface area (Å²) in [7, 11) is 1.69. The van der Waals surface area contributed by atoms with Gasteiger partial charge in [0.25, 0.3) is 0 Å². The highest BCUT2D eigenvalue weighted by molar-refractivity contribution is 9.10. The molecule has 0 heterocycles. The van der Waals surface area contributed by atoms with E-state index in [0.29, 0.717) is 0 Å². The van der Waals surface area contributed by atoms with Gasteiger partial charge in [0, 0.05) is 15.1 Å². The Morgan fingerprint density at radius 1 is 0.879 bits per heavy atom. The molecule has 0 saturated carbocycles. The molecule has 0 bridgehead atoms. The molecule has 4 heteroatoms. The molecule has 0 N–H and O–H groups in total. The summed E-state index contributed by atoms with van der Waals surface area (Å²) in [6, 6.07) is 30.7. The Labute approximate surface area is 208 Å². The molecule has 0 aliphatic heterocycles. The van der Waals surface area contributed by atoms with Crippen molar-refractivity contribution in [3.05, 3.63) is 118 Å². The smallest absolute Gasteiger partial charge is 0.181 e. The Morgan fingerprint density at radius 2 is 1.58 bits per heavy atom. The SMILES string of the molecule is COc1cccc(-c2ccc(C(=CCSc3ccc([O])c(C)c3)c3ccc(Br)cc3)cc2)c1. The summed E-state index contributed by atoms with van der Waals surface area (Å²) in [4.78, 5) is 1.10. The van der Waals surface area contributed by atoms with E-state index in [0.717, 1.165) is 43.1 Å². The standard InChI is InChI=1S/C29H24BrO2S/c1-20-18-27(14-15-29(20)31)33-17-16-28(23-10-12-25(30)13-11-23)22-8-6-21(7-9-22)24-4-3-5-26(19-24)32-2/h3-16,18-19H,17H2,1-2H3. The van der Waals surface area contributed by atoms with E-state index < -0.39 is 0 Å². The summed E-state index contributed by atoms with van der Waals surface area (Å²) in [6.07, 6.45) is 2.26. The number of thioether (sulfide) groups is 1. The summed E-state index contributed by atoms with van der Waals surface area (Å²) in [6.45, 7) is 1.86. The molecule has 0 aliphatic rings. The van der Waals surface area contributed by atoms with Crippen molar-refractivity contribution >= 4 is 33.3 Å². The predicted octanol–water partition coefficient (Wildman–Crippen LogP) is 8.80. The van der Waals surface area contributed by atoms with Crippen molar-refractivity contribution < 1.29 is 9.84 Å². The second-order valence-electron chi connectivity index (χ2n) is 7.67. The van der Waals surface area contributed by atoms with E-state index >= 15 is 0 Å². The van der Waals surface area contributed by atoms with Gasteiger partial charge in [-0.2, -0.15) is 0 Å². The molecule has 0 fully saturated rings. The van der Waals surface area contributed by atoms with E-state index in [1.54, 1.807) is 24.9 Å². The van der Waals surface area contributed by atoms with Crippen LogP contribution in [0.5, 0.6) is 11.5 Å². The molecule has 0 aliphatic carbocycles. The molecule has 0 atom stereocenters. The first-order valence-electron chi connectivity index (χ1n) is 10.6. The highest BCUT2D eigenvalue weighted by Gasteiger charge is 2.08. The van der Waals surface area contributed by atoms with Crippen molar-refractivity contribution in [1.29, 1.82) is 0 Å². The van der Waals surface area contributed by atoms with Gasteiger partial charge in [-0.1, -0.05) is 70.5 Å². The van der Waals surface area contributed by atoms with Gasteiger partial charge >= 0.3 is 0 Å². The molecular formula is C29H24BrO2S. The fraction of sp³-hybridized carbons (Fsp3) is 0.103. The Morgan fingerprint density at radius 3 is 2.24 bits per heavy atom. The maximum absolute atomic E-state index is 11.7. The number of methoxy groups -OCH3 is 1. The van der Waals surface area contributed by atoms with E-state index in [1.165, 1.54) is 11.1 Å². The van der Waals surface area contributed by atoms with Crippen LogP contribution in [0.15, 0.2) is 106 Å². The molecule has 0 amide bonds. The van der Waals surface area contributed by atoms with Crippen LogP contribution in [0, 0.1) is 6.92 Å². The van der Waals surface area contributed by atoms with Crippen molar-refractivity contribution in [2.45, 2.75) is 11.8 Å². The number of benzene rings is 4. The van der Waals surface area contributed by atoms with Crippen molar-refractivity contribution in [3.8, 4) is 22.6 Å². The molecular weight excluding hydrogens is 492 g/mol. The molecule has 4 aromatic carbocycles. The first kappa shape index (κ1) is 23.2. The number of aryl methyl sites for hydroxylation is 1. The van der Waals surface area contributed by atoms with Crippen LogP contribution in [-0.2, 0) is 5.11 Å². The molecule has 1 radical (unpaired) electrons. The summed E-state index contributed by atoms with van der Waals surface area (Å²) < 4.78 is 6.42. The maximum atomic E-state index is 11.7. The topological polar surface area (TPSA) is 29.1 Å². The third kappa shape index (κ3) is 5.89. The highest BCUT2D eigenvalue weighted by Crippen LogP contribution is 2.31. The quantitative estimate of drug-likeness (QED) is 0.230. The largest absolute Gasteiger partial charge is 0.497 e. The molecule has 4 aromatic rings. The van der Waals surface area contributed by atoms with Crippen molar-refractivity contribution in [2.24, 2.45) is 0 Å². The molecule has 33 heavy (non-hydrogen) atoms. The fourth-order valence-electron chi connectivity index (χ4n) is 3.61. The molecule has 165 valence electrons. The Hall–Kier alpha value is -2.95. The number of hydrogen-bond acceptors (Lipinski definition) is 2. The highest BCUT2D eigenvalue weighted by atomic mass is 79.9. The van der Waals surface area contributed by atoms with Crippen molar-refractivity contribution in [2.75, 3.05) is 12.9 Å². The third-order valence-corrected chi connectivity index (χ3v) is 6.89. The zero-order valence-electron chi connectivity index (χ0n) is 18.5. The maximum Gasteiger partial charge on any atom is 0.181 e. The van der Waals surface area contributed by atoms with Gasteiger partial charge in [0.2, 0.25) is 0 Å². The molecule has 2 nitrogen and oxygen atoms in total.